The zero-order valence-corrected chi connectivity index (χ0v) is 19.5. The smallest absolute Gasteiger partial charge is 0.270 e. The molecular weight excluding hydrogens is 460 g/mol. The molecule has 4 rings (SSSR count). The number of nitro benzene ring substituents is 1. The Kier molecular flexibility index (Phi) is 6.80. The number of non-ortho nitro benzene ring substituents is 1. The number of benzene rings is 2. The van der Waals surface area contributed by atoms with Gasteiger partial charge in [-0.1, -0.05) is 48.2 Å². The van der Waals surface area contributed by atoms with Gasteiger partial charge in [-0.05, 0) is 19.4 Å². The first kappa shape index (κ1) is 22.6. The number of anilines is 1. The molecule has 0 radical (unpaired) electrons. The summed E-state index contributed by atoms with van der Waals surface area (Å²) in [6.45, 7) is 4.72. The summed E-state index contributed by atoms with van der Waals surface area (Å²) in [4.78, 5) is 27.4. The number of aryl methyl sites for hydroxylation is 1. The highest BCUT2D eigenvalue weighted by molar-refractivity contribution is 7.99. The quantitative estimate of drug-likeness (QED) is 0.213. The van der Waals surface area contributed by atoms with Gasteiger partial charge in [0.05, 0.1) is 16.4 Å². The molecule has 2 aromatic heterocycles. The van der Waals surface area contributed by atoms with Crippen molar-refractivity contribution in [2.75, 3.05) is 11.1 Å². The largest absolute Gasteiger partial charge is 0.302 e. The van der Waals surface area contributed by atoms with Crippen LogP contribution in [-0.2, 0) is 11.3 Å². The number of thiazole rings is 1. The first-order chi connectivity index (χ1) is 16.0. The Labute approximate surface area is 198 Å². The van der Waals surface area contributed by atoms with E-state index in [1.54, 1.807) is 17.5 Å². The monoisotopic (exact) mass is 480 g/mol. The number of hydrogen-bond donors (Lipinski definition) is 1. The van der Waals surface area contributed by atoms with Crippen LogP contribution in [0.2, 0.25) is 0 Å². The molecule has 0 aliphatic carbocycles. The first-order valence-corrected chi connectivity index (χ1v) is 11.9. The lowest BCUT2D eigenvalue weighted by molar-refractivity contribution is -0.384. The van der Waals surface area contributed by atoms with Crippen molar-refractivity contribution in [2.24, 2.45) is 0 Å². The molecule has 0 unspecified atom stereocenters. The third-order valence-corrected chi connectivity index (χ3v) is 6.58. The SMILES string of the molecule is CCn1c(SCC(=O)Nc2nc(-c3cccc([N+](=O)[O-])c3)cs2)nnc1-c1ccccc1C. The van der Waals surface area contributed by atoms with Gasteiger partial charge >= 0.3 is 0 Å². The molecule has 0 fully saturated rings. The number of carbonyl (C=O) groups is 1. The van der Waals surface area contributed by atoms with Crippen LogP contribution in [0, 0.1) is 17.0 Å². The van der Waals surface area contributed by atoms with Crippen molar-refractivity contribution < 1.29 is 9.72 Å². The van der Waals surface area contributed by atoms with Crippen LogP contribution in [0.15, 0.2) is 59.1 Å². The van der Waals surface area contributed by atoms with Gasteiger partial charge in [0.1, 0.15) is 0 Å². The van der Waals surface area contributed by atoms with E-state index >= 15 is 0 Å². The van der Waals surface area contributed by atoms with Crippen molar-refractivity contribution in [3.05, 3.63) is 69.6 Å². The molecule has 33 heavy (non-hydrogen) atoms. The van der Waals surface area contributed by atoms with E-state index in [0.717, 1.165) is 17.0 Å². The maximum atomic E-state index is 12.5. The van der Waals surface area contributed by atoms with Crippen LogP contribution >= 0.6 is 23.1 Å². The average molecular weight is 481 g/mol. The topological polar surface area (TPSA) is 116 Å². The van der Waals surface area contributed by atoms with E-state index < -0.39 is 4.92 Å². The second kappa shape index (κ2) is 9.92. The Hall–Kier alpha value is -3.57. The minimum atomic E-state index is -0.449. The van der Waals surface area contributed by atoms with Crippen molar-refractivity contribution in [1.29, 1.82) is 0 Å². The van der Waals surface area contributed by atoms with Gasteiger partial charge in [0.15, 0.2) is 16.1 Å². The molecule has 9 nitrogen and oxygen atoms in total. The van der Waals surface area contributed by atoms with Gasteiger partial charge in [-0.3, -0.25) is 14.9 Å². The number of carbonyl (C=O) groups excluding carboxylic acids is 1. The van der Waals surface area contributed by atoms with Crippen LogP contribution in [0.1, 0.15) is 12.5 Å². The number of amides is 1. The zero-order chi connectivity index (χ0) is 23.4. The Balaban J connectivity index is 1.41. The van der Waals surface area contributed by atoms with E-state index in [4.69, 9.17) is 0 Å². The average Bonchev–Trinajstić information content (AvgIpc) is 3.45. The minimum Gasteiger partial charge on any atom is -0.302 e. The number of nitrogens with zero attached hydrogens (tertiary/aromatic N) is 5. The summed E-state index contributed by atoms with van der Waals surface area (Å²) in [7, 11) is 0. The molecule has 0 atom stereocenters. The van der Waals surface area contributed by atoms with Gasteiger partial charge < -0.3 is 9.88 Å². The molecule has 0 aliphatic rings. The number of aromatic nitrogens is 4. The normalized spacial score (nSPS) is 10.8. The van der Waals surface area contributed by atoms with E-state index in [1.165, 1.54) is 35.2 Å². The molecule has 2 aromatic carbocycles. The second-order valence-electron chi connectivity index (χ2n) is 7.05. The fraction of sp³-hybridized carbons (Fsp3) is 0.182. The van der Waals surface area contributed by atoms with E-state index in [9.17, 15) is 14.9 Å². The lowest BCUT2D eigenvalue weighted by Crippen LogP contribution is -2.14. The number of rotatable bonds is 8. The third-order valence-electron chi connectivity index (χ3n) is 4.85. The summed E-state index contributed by atoms with van der Waals surface area (Å²) in [5.41, 5.74) is 3.31. The van der Waals surface area contributed by atoms with Crippen molar-refractivity contribution in [3.8, 4) is 22.6 Å². The number of hydrogen-bond acceptors (Lipinski definition) is 8. The fourth-order valence-electron chi connectivity index (χ4n) is 3.23. The van der Waals surface area contributed by atoms with Crippen LogP contribution < -0.4 is 5.32 Å². The molecule has 0 aliphatic heterocycles. The van der Waals surface area contributed by atoms with Gasteiger partial charge in [0.25, 0.3) is 5.69 Å². The van der Waals surface area contributed by atoms with Crippen molar-refractivity contribution in [2.45, 2.75) is 25.5 Å². The van der Waals surface area contributed by atoms with Crippen molar-refractivity contribution in [3.63, 3.8) is 0 Å². The standard InChI is InChI=1S/C22H20N6O3S2/c1-3-27-20(17-10-5-4-7-14(17)2)25-26-22(27)33-13-19(29)24-21-23-18(12-32-21)15-8-6-9-16(11-15)28(30)31/h4-12H,3,13H2,1-2H3,(H,23,24,29). The predicted molar refractivity (Wildman–Crippen MR) is 129 cm³/mol. The Morgan fingerprint density at radius 1 is 1.21 bits per heavy atom. The molecule has 1 amide bonds. The third kappa shape index (κ3) is 5.10. The molecule has 0 saturated carbocycles. The van der Waals surface area contributed by atoms with Crippen LogP contribution in [0.3, 0.4) is 0 Å². The van der Waals surface area contributed by atoms with E-state index in [2.05, 4.69) is 20.5 Å². The molecule has 11 heteroatoms. The highest BCUT2D eigenvalue weighted by Gasteiger charge is 2.17. The fourth-order valence-corrected chi connectivity index (χ4v) is 4.77. The van der Waals surface area contributed by atoms with Crippen molar-refractivity contribution in [1.82, 2.24) is 19.7 Å². The molecular formula is C22H20N6O3S2. The summed E-state index contributed by atoms with van der Waals surface area (Å²) in [6, 6.07) is 14.2. The molecule has 0 bridgehead atoms. The summed E-state index contributed by atoms with van der Waals surface area (Å²) < 4.78 is 1.99. The van der Waals surface area contributed by atoms with E-state index in [0.29, 0.717) is 28.1 Å². The maximum Gasteiger partial charge on any atom is 0.270 e. The van der Waals surface area contributed by atoms with Gasteiger partial charge in [-0.15, -0.1) is 21.5 Å². The first-order valence-electron chi connectivity index (χ1n) is 10.1. The molecule has 4 aromatic rings. The van der Waals surface area contributed by atoms with Crippen LogP contribution in [-0.4, -0.2) is 36.3 Å². The predicted octanol–water partition coefficient (Wildman–Crippen LogP) is 5.04. The summed E-state index contributed by atoms with van der Waals surface area (Å²) >= 11 is 2.57. The Morgan fingerprint density at radius 3 is 2.79 bits per heavy atom. The highest BCUT2D eigenvalue weighted by atomic mass is 32.2. The Bertz CT molecular complexity index is 1320. The molecule has 1 N–H and O–H groups in total. The minimum absolute atomic E-state index is 0.00686. The highest BCUT2D eigenvalue weighted by Crippen LogP contribution is 2.29. The number of thioether (sulfide) groups is 1. The molecule has 0 saturated heterocycles. The lowest BCUT2D eigenvalue weighted by atomic mass is 10.1. The summed E-state index contributed by atoms with van der Waals surface area (Å²) in [5, 5.41) is 25.2. The van der Waals surface area contributed by atoms with Gasteiger partial charge in [-0.2, -0.15) is 0 Å². The lowest BCUT2D eigenvalue weighted by Gasteiger charge is -2.09. The van der Waals surface area contributed by atoms with Gasteiger partial charge in [-0.25, -0.2) is 4.98 Å². The molecule has 0 spiro atoms. The van der Waals surface area contributed by atoms with E-state index in [1.807, 2.05) is 42.7 Å². The van der Waals surface area contributed by atoms with Crippen LogP contribution in [0.5, 0.6) is 0 Å². The van der Waals surface area contributed by atoms with Gasteiger partial charge in [0, 0.05) is 35.2 Å². The maximum absolute atomic E-state index is 12.5. The summed E-state index contributed by atoms with van der Waals surface area (Å²) in [6.07, 6.45) is 0. The van der Waals surface area contributed by atoms with Crippen LogP contribution in [0.4, 0.5) is 10.8 Å². The van der Waals surface area contributed by atoms with E-state index in [-0.39, 0.29) is 17.3 Å². The van der Waals surface area contributed by atoms with Crippen molar-refractivity contribution >= 4 is 39.8 Å². The molecule has 168 valence electrons. The Morgan fingerprint density at radius 2 is 2.03 bits per heavy atom. The molecule has 2 heterocycles. The number of nitrogens with one attached hydrogen (secondary N) is 1. The number of nitro groups is 1. The second-order valence-corrected chi connectivity index (χ2v) is 8.85. The summed E-state index contributed by atoms with van der Waals surface area (Å²) in [5.74, 6) is 0.709. The zero-order valence-electron chi connectivity index (χ0n) is 17.9. The van der Waals surface area contributed by atoms with Crippen LogP contribution in [0.25, 0.3) is 22.6 Å². The van der Waals surface area contributed by atoms with Gasteiger partial charge in [0.2, 0.25) is 5.91 Å².